The summed E-state index contributed by atoms with van der Waals surface area (Å²) in [5.41, 5.74) is 0. The van der Waals surface area contributed by atoms with E-state index in [0.717, 1.165) is 12.8 Å². The molecule has 0 aromatic heterocycles. The van der Waals surface area contributed by atoms with Gasteiger partial charge in [-0.1, -0.05) is 20.3 Å². The quantitative estimate of drug-likeness (QED) is 0.356. The molecule has 2 saturated carbocycles. The maximum absolute atomic E-state index is 11.9. The molecule has 0 aliphatic heterocycles. The molecule has 2 aliphatic rings. The third kappa shape index (κ3) is 5.97. The van der Waals surface area contributed by atoms with E-state index in [2.05, 4.69) is 19.2 Å². The van der Waals surface area contributed by atoms with Crippen molar-refractivity contribution in [3.8, 4) is 0 Å². The summed E-state index contributed by atoms with van der Waals surface area (Å²) in [4.78, 5) is 23.4. The number of carbonyl (C=O) groups excluding carboxylic acids is 2. The number of methoxy groups -OCH3 is 2. The molecule has 0 bridgehead atoms. The van der Waals surface area contributed by atoms with Crippen molar-refractivity contribution in [2.45, 2.75) is 76.9 Å². The van der Waals surface area contributed by atoms with E-state index < -0.39 is 36.1 Å². The second-order valence-corrected chi connectivity index (χ2v) is 8.77. The van der Waals surface area contributed by atoms with Gasteiger partial charge in [-0.2, -0.15) is 0 Å². The summed E-state index contributed by atoms with van der Waals surface area (Å²) in [5, 5.41) is 35.7. The topological polar surface area (TPSA) is 128 Å². The molecule has 3 N–H and O–H groups in total. The summed E-state index contributed by atoms with van der Waals surface area (Å²) in [6.45, 7) is 5.75. The number of aliphatic hydroxyl groups is 2. The Balaban J connectivity index is 0.00000450. The molecule has 168 valence electrons. The van der Waals surface area contributed by atoms with Crippen molar-refractivity contribution < 1.29 is 63.9 Å². The van der Waals surface area contributed by atoms with Crippen LogP contribution in [-0.2, 0) is 19.1 Å². The molecule has 2 fully saturated rings. The predicted molar refractivity (Wildman–Crippen MR) is 103 cm³/mol. The summed E-state index contributed by atoms with van der Waals surface area (Å²) < 4.78 is 10.9. The van der Waals surface area contributed by atoms with Crippen LogP contribution in [0.25, 0.3) is 0 Å². The first-order chi connectivity index (χ1) is 13.7. The first-order valence-corrected chi connectivity index (χ1v) is 10.6. The Morgan fingerprint density at radius 2 is 1.73 bits per heavy atom. The molecule has 0 radical (unpaired) electrons. The Labute approximate surface area is 201 Å². The molecule has 9 heteroatoms. The van der Waals surface area contributed by atoms with Gasteiger partial charge in [0.15, 0.2) is 0 Å². The standard InChI is InChI=1S/C21H37NO7.Na/c1-6-12-9-16(28-4)17(22-11(3)23)14(10(12)2)7-13-8-15(21(26)27)19(25)20(29-5)18(13)24;/h10,12-20,24-25H,6-9H2,1-5H3,(H,22,23)(H,26,27);/q;+1/p-1/t10-,12?,13+,14-,15?,16+,17?,18?,19-,20+;/m0./s1. The fraction of sp³-hybridized carbons (Fsp3) is 0.905. The molecule has 8 nitrogen and oxygen atoms in total. The van der Waals surface area contributed by atoms with Crippen LogP contribution in [0.3, 0.4) is 0 Å². The molecule has 1 amide bonds. The van der Waals surface area contributed by atoms with Gasteiger partial charge < -0.3 is 34.9 Å². The zero-order chi connectivity index (χ0) is 21.9. The number of carboxylic acid groups (broad SMARTS) is 1. The Bertz CT molecular complexity index is 578. The van der Waals surface area contributed by atoms with Gasteiger partial charge in [0.1, 0.15) is 6.10 Å². The molecule has 0 aromatic rings. The molecule has 0 heterocycles. The van der Waals surface area contributed by atoms with Gasteiger partial charge >= 0.3 is 29.6 Å². The van der Waals surface area contributed by atoms with E-state index >= 15 is 0 Å². The van der Waals surface area contributed by atoms with Crippen LogP contribution in [0.15, 0.2) is 0 Å². The van der Waals surface area contributed by atoms with Gasteiger partial charge in [0, 0.05) is 33.0 Å². The van der Waals surface area contributed by atoms with E-state index in [0.29, 0.717) is 12.3 Å². The maximum atomic E-state index is 11.9. The monoisotopic (exact) mass is 437 g/mol. The van der Waals surface area contributed by atoms with Crippen molar-refractivity contribution in [3.63, 3.8) is 0 Å². The molecule has 0 aromatic carbocycles. The normalized spacial score (nSPS) is 41.6. The molecular weight excluding hydrogens is 401 g/mol. The summed E-state index contributed by atoms with van der Waals surface area (Å²) in [6, 6.07) is -0.225. The van der Waals surface area contributed by atoms with Crippen LogP contribution in [-0.4, -0.2) is 66.8 Å². The molecule has 10 atom stereocenters. The number of ether oxygens (including phenoxy) is 2. The third-order valence-electron chi connectivity index (χ3n) is 7.29. The van der Waals surface area contributed by atoms with Crippen LogP contribution in [0.4, 0.5) is 0 Å². The molecule has 0 saturated heterocycles. The number of hydrogen-bond acceptors (Lipinski definition) is 7. The third-order valence-corrected chi connectivity index (χ3v) is 7.29. The zero-order valence-corrected chi connectivity index (χ0v) is 21.0. The summed E-state index contributed by atoms with van der Waals surface area (Å²) in [7, 11) is 2.99. The van der Waals surface area contributed by atoms with Crippen LogP contribution < -0.4 is 40.0 Å². The molecule has 2 aliphatic carbocycles. The van der Waals surface area contributed by atoms with Crippen LogP contribution >= 0.6 is 0 Å². The van der Waals surface area contributed by atoms with E-state index in [1.807, 2.05) is 0 Å². The van der Waals surface area contributed by atoms with E-state index in [-0.39, 0.29) is 65.9 Å². The van der Waals surface area contributed by atoms with Gasteiger partial charge in [0.05, 0.1) is 24.4 Å². The molecule has 4 unspecified atom stereocenters. The number of amides is 1. The van der Waals surface area contributed by atoms with E-state index in [1.54, 1.807) is 7.11 Å². The SMILES string of the molecule is CCC1C[C@@H](OC)C(NC(C)=O)[C@@H](C[C@@H]2CC(C(=O)[O-])[C@H](O)[C@H](OC)C2O)[C@H]1C.[Na+]. The Morgan fingerprint density at radius 1 is 1.10 bits per heavy atom. The molecule has 0 spiro atoms. The van der Waals surface area contributed by atoms with Gasteiger partial charge in [-0.15, -0.1) is 0 Å². The molecule has 2 rings (SSSR count). The minimum absolute atomic E-state index is 0. The predicted octanol–water partition coefficient (Wildman–Crippen LogP) is -3.29. The van der Waals surface area contributed by atoms with Gasteiger partial charge in [0.25, 0.3) is 0 Å². The van der Waals surface area contributed by atoms with E-state index in [1.165, 1.54) is 14.0 Å². The first kappa shape index (κ1) is 27.8. The number of carbonyl (C=O) groups is 2. The number of carboxylic acids is 1. The van der Waals surface area contributed by atoms with Crippen molar-refractivity contribution in [3.05, 3.63) is 0 Å². The van der Waals surface area contributed by atoms with Crippen molar-refractivity contribution >= 4 is 11.9 Å². The van der Waals surface area contributed by atoms with E-state index in [9.17, 15) is 24.9 Å². The number of aliphatic hydroxyl groups excluding tert-OH is 2. The van der Waals surface area contributed by atoms with E-state index in [4.69, 9.17) is 9.47 Å². The smallest absolute Gasteiger partial charge is 0.550 e. The largest absolute Gasteiger partial charge is 1.00 e. The van der Waals surface area contributed by atoms with Gasteiger partial charge in [-0.25, -0.2) is 0 Å². The van der Waals surface area contributed by atoms with Crippen LogP contribution in [0.2, 0.25) is 0 Å². The van der Waals surface area contributed by atoms with Crippen molar-refractivity contribution in [2.24, 2.45) is 29.6 Å². The summed E-state index contributed by atoms with van der Waals surface area (Å²) >= 11 is 0. The fourth-order valence-electron chi connectivity index (χ4n) is 5.59. The van der Waals surface area contributed by atoms with Gasteiger partial charge in [-0.05, 0) is 42.9 Å². The Hall–Kier alpha value is -0.220. The number of nitrogens with one attached hydrogen (secondary N) is 1. The van der Waals surface area contributed by atoms with Gasteiger partial charge in [0.2, 0.25) is 5.91 Å². The van der Waals surface area contributed by atoms with Crippen LogP contribution in [0, 0.1) is 29.6 Å². The van der Waals surface area contributed by atoms with Crippen LogP contribution in [0.5, 0.6) is 0 Å². The molecular formula is C21H36NNaO7. The number of rotatable bonds is 7. The minimum atomic E-state index is -1.34. The molecule has 30 heavy (non-hydrogen) atoms. The summed E-state index contributed by atoms with van der Waals surface area (Å²) in [6.07, 6.45) is -1.04. The second kappa shape index (κ2) is 12.1. The van der Waals surface area contributed by atoms with Crippen molar-refractivity contribution in [2.75, 3.05) is 14.2 Å². The second-order valence-electron chi connectivity index (χ2n) is 8.77. The number of aliphatic carboxylic acids is 1. The average Bonchev–Trinajstić information content (AvgIpc) is 2.66. The average molecular weight is 438 g/mol. The fourth-order valence-corrected chi connectivity index (χ4v) is 5.59. The summed E-state index contributed by atoms with van der Waals surface area (Å²) in [5.74, 6) is -2.34. The van der Waals surface area contributed by atoms with Crippen LogP contribution in [0.1, 0.15) is 46.5 Å². The minimum Gasteiger partial charge on any atom is -0.550 e. The first-order valence-electron chi connectivity index (χ1n) is 10.6. The van der Waals surface area contributed by atoms with Crippen molar-refractivity contribution in [1.82, 2.24) is 5.32 Å². The Kier molecular flexibility index (Phi) is 11.3. The zero-order valence-electron chi connectivity index (χ0n) is 19.0. The number of hydrogen-bond donors (Lipinski definition) is 3. The van der Waals surface area contributed by atoms with Gasteiger partial charge in [-0.3, -0.25) is 4.79 Å². The maximum Gasteiger partial charge on any atom is 1.00 e. The van der Waals surface area contributed by atoms with Crippen molar-refractivity contribution in [1.29, 1.82) is 0 Å². The Morgan fingerprint density at radius 3 is 2.20 bits per heavy atom.